The fraction of sp³-hybridized carbons (Fsp3) is 0.400. The van der Waals surface area contributed by atoms with E-state index in [2.05, 4.69) is 69.5 Å². The predicted octanol–water partition coefficient (Wildman–Crippen LogP) is 6.90. The number of unbranched alkanes of at least 4 members (excludes halogenated alkanes) is 1. The van der Waals surface area contributed by atoms with Gasteiger partial charge in [-0.15, -0.1) is 0 Å². The van der Waals surface area contributed by atoms with E-state index in [-0.39, 0.29) is 17.7 Å². The van der Waals surface area contributed by atoms with E-state index in [1.807, 2.05) is 30.3 Å². The summed E-state index contributed by atoms with van der Waals surface area (Å²) in [5, 5.41) is 0. The number of nitrogens with zero attached hydrogens (tertiary/aromatic N) is 5. The molecular formula is C30H35N5O3S. The zero-order valence-corrected chi connectivity index (χ0v) is 23.5. The smallest absolute Gasteiger partial charge is 0.264 e. The Kier molecular flexibility index (Phi) is 8.64. The lowest BCUT2D eigenvalue weighted by Gasteiger charge is -2.28. The summed E-state index contributed by atoms with van der Waals surface area (Å²) in [6, 6.07) is 11.7. The summed E-state index contributed by atoms with van der Waals surface area (Å²) < 4.78 is 31.6. The number of allylic oxidation sites excluding steroid dienone is 2. The van der Waals surface area contributed by atoms with Gasteiger partial charge >= 0.3 is 0 Å². The maximum absolute atomic E-state index is 11.2. The van der Waals surface area contributed by atoms with E-state index in [4.69, 9.17) is 17.7 Å². The fourth-order valence-electron chi connectivity index (χ4n) is 5.78. The molecule has 204 valence electrons. The highest BCUT2D eigenvalue weighted by Gasteiger charge is 2.36. The predicted molar refractivity (Wildman–Crippen MR) is 158 cm³/mol. The standard InChI is InChI=1S/C30H35N5O3S/c1-6-24-25-16-14-22(31-4)20-28(25)35(18-9-10-19-39(36,37)38)26(24)12-11-13-30-33(7-2)27-17-15-23(32-5)21-29(27)34(30)8-3/h11-17,20-21,24,26H,6-10,18-19H2,1-3H3,(H,36,37,38). The van der Waals surface area contributed by atoms with Crippen LogP contribution in [-0.2, 0) is 10.1 Å². The van der Waals surface area contributed by atoms with Crippen LogP contribution in [-0.4, -0.2) is 44.4 Å². The van der Waals surface area contributed by atoms with Gasteiger partial charge in [-0.25, -0.2) is 9.69 Å². The van der Waals surface area contributed by atoms with E-state index < -0.39 is 10.1 Å². The van der Waals surface area contributed by atoms with E-state index in [1.165, 1.54) is 5.56 Å². The molecule has 0 aliphatic carbocycles. The van der Waals surface area contributed by atoms with Crippen molar-refractivity contribution in [1.29, 1.82) is 0 Å². The number of hydrogen-bond acceptors (Lipinski definition) is 5. The lowest BCUT2D eigenvalue weighted by Crippen LogP contribution is -2.33. The van der Waals surface area contributed by atoms with Crippen molar-refractivity contribution in [2.75, 3.05) is 40.1 Å². The zero-order chi connectivity index (χ0) is 28.2. The minimum atomic E-state index is -3.99. The van der Waals surface area contributed by atoms with Crippen LogP contribution in [0.2, 0.25) is 0 Å². The molecule has 2 unspecified atom stereocenters. The third-order valence-corrected chi connectivity index (χ3v) is 8.33. The number of anilines is 3. The summed E-state index contributed by atoms with van der Waals surface area (Å²) in [7, 11) is -3.99. The Morgan fingerprint density at radius 1 is 0.923 bits per heavy atom. The highest BCUT2D eigenvalue weighted by atomic mass is 32.2. The van der Waals surface area contributed by atoms with Crippen LogP contribution in [0.3, 0.4) is 0 Å². The fourth-order valence-corrected chi connectivity index (χ4v) is 6.35. The lowest BCUT2D eigenvalue weighted by molar-refractivity contribution is 0.479. The van der Waals surface area contributed by atoms with E-state index in [9.17, 15) is 8.42 Å². The van der Waals surface area contributed by atoms with E-state index in [0.717, 1.165) is 42.4 Å². The van der Waals surface area contributed by atoms with Gasteiger partial charge in [-0.05, 0) is 62.9 Å². The van der Waals surface area contributed by atoms with Gasteiger partial charge < -0.3 is 14.7 Å². The van der Waals surface area contributed by atoms with Crippen molar-refractivity contribution >= 4 is 38.6 Å². The largest absolute Gasteiger partial charge is 0.365 e. The van der Waals surface area contributed by atoms with Gasteiger partial charge in [0.1, 0.15) is 5.82 Å². The zero-order valence-electron chi connectivity index (χ0n) is 22.7. The number of hydrogen-bond donors (Lipinski definition) is 1. The summed E-state index contributed by atoms with van der Waals surface area (Å²) in [6.45, 7) is 23.5. The highest BCUT2D eigenvalue weighted by molar-refractivity contribution is 7.85. The number of fused-ring (bicyclic) bond motifs is 2. The molecule has 2 aliphatic heterocycles. The first-order chi connectivity index (χ1) is 18.8. The first-order valence-electron chi connectivity index (χ1n) is 13.4. The molecule has 2 aromatic carbocycles. The second kappa shape index (κ2) is 11.9. The molecule has 2 atom stereocenters. The summed E-state index contributed by atoms with van der Waals surface area (Å²) in [6.07, 6.45) is 8.33. The third-order valence-electron chi connectivity index (χ3n) is 7.52. The molecule has 2 heterocycles. The summed E-state index contributed by atoms with van der Waals surface area (Å²) in [5.41, 5.74) is 5.57. The molecule has 0 saturated heterocycles. The van der Waals surface area contributed by atoms with Crippen LogP contribution >= 0.6 is 0 Å². The van der Waals surface area contributed by atoms with Crippen molar-refractivity contribution in [2.45, 2.75) is 52.0 Å². The Bertz CT molecular complexity index is 1470. The van der Waals surface area contributed by atoms with Gasteiger partial charge in [0.05, 0.1) is 36.3 Å². The Morgan fingerprint density at radius 3 is 2.18 bits per heavy atom. The molecule has 2 aliphatic rings. The summed E-state index contributed by atoms with van der Waals surface area (Å²) in [5.74, 6) is 1.05. The van der Waals surface area contributed by atoms with Crippen molar-refractivity contribution in [2.24, 2.45) is 0 Å². The Morgan fingerprint density at radius 2 is 1.56 bits per heavy atom. The van der Waals surface area contributed by atoms with Crippen molar-refractivity contribution < 1.29 is 13.0 Å². The van der Waals surface area contributed by atoms with Crippen molar-refractivity contribution in [3.05, 3.63) is 88.8 Å². The van der Waals surface area contributed by atoms with Crippen LogP contribution in [0, 0.1) is 13.1 Å². The van der Waals surface area contributed by atoms with Crippen molar-refractivity contribution in [3.63, 3.8) is 0 Å². The van der Waals surface area contributed by atoms with Crippen LogP contribution in [0.1, 0.15) is 51.5 Å². The first-order valence-corrected chi connectivity index (χ1v) is 15.0. The van der Waals surface area contributed by atoms with Gasteiger partial charge in [0.15, 0.2) is 11.4 Å². The average molecular weight is 546 g/mol. The Labute approximate surface area is 232 Å². The Hall–Kier alpha value is -3.79. The van der Waals surface area contributed by atoms with Gasteiger partial charge in [0, 0.05) is 31.2 Å². The first kappa shape index (κ1) is 28.2. The minimum absolute atomic E-state index is 0.0521. The van der Waals surface area contributed by atoms with Crippen LogP contribution in [0.15, 0.2) is 60.4 Å². The van der Waals surface area contributed by atoms with Crippen LogP contribution in [0.4, 0.5) is 28.4 Å². The molecule has 0 amide bonds. The summed E-state index contributed by atoms with van der Waals surface area (Å²) in [4.78, 5) is 14.0. The SMILES string of the molecule is [C-]#[N+]c1ccc2c(c1)N(CC)C(=CC=CC1C(CC)c3ccc([N+]#[C-])cc3N1CCCCS(=O)(=O)O)N2CC. The number of benzene rings is 2. The topological polar surface area (TPSA) is 72.8 Å². The highest BCUT2D eigenvalue weighted by Crippen LogP contribution is 2.46. The number of rotatable bonds is 10. The van der Waals surface area contributed by atoms with Crippen molar-refractivity contribution in [1.82, 2.24) is 0 Å². The van der Waals surface area contributed by atoms with Crippen molar-refractivity contribution in [3.8, 4) is 0 Å². The maximum Gasteiger partial charge on any atom is 0.264 e. The van der Waals surface area contributed by atoms with Crippen LogP contribution in [0.25, 0.3) is 9.69 Å². The Balaban J connectivity index is 1.65. The maximum atomic E-state index is 11.2. The molecule has 39 heavy (non-hydrogen) atoms. The minimum Gasteiger partial charge on any atom is -0.365 e. The molecule has 0 spiro atoms. The van der Waals surface area contributed by atoms with Gasteiger partial charge in [-0.3, -0.25) is 4.55 Å². The van der Waals surface area contributed by atoms with Gasteiger partial charge in [-0.1, -0.05) is 37.3 Å². The second-order valence-electron chi connectivity index (χ2n) is 9.73. The van der Waals surface area contributed by atoms with Gasteiger partial charge in [-0.2, -0.15) is 8.42 Å². The van der Waals surface area contributed by atoms with Crippen LogP contribution < -0.4 is 14.7 Å². The molecule has 0 saturated carbocycles. The molecule has 2 aromatic rings. The second-order valence-corrected chi connectivity index (χ2v) is 11.3. The normalized spacial score (nSPS) is 19.4. The van der Waals surface area contributed by atoms with Gasteiger partial charge in [0.25, 0.3) is 10.1 Å². The van der Waals surface area contributed by atoms with E-state index in [1.54, 1.807) is 0 Å². The molecular weight excluding hydrogens is 510 g/mol. The quantitative estimate of drug-likeness (QED) is 0.199. The lowest BCUT2D eigenvalue weighted by atomic mass is 9.92. The molecule has 4 rings (SSSR count). The monoisotopic (exact) mass is 545 g/mol. The molecule has 9 heteroatoms. The van der Waals surface area contributed by atoms with E-state index in [0.29, 0.717) is 30.8 Å². The molecule has 0 bridgehead atoms. The molecule has 0 aromatic heterocycles. The molecule has 0 fully saturated rings. The van der Waals surface area contributed by atoms with Gasteiger partial charge in [0.2, 0.25) is 0 Å². The molecule has 0 radical (unpaired) electrons. The van der Waals surface area contributed by atoms with Crippen LogP contribution in [0.5, 0.6) is 0 Å². The molecule has 8 nitrogen and oxygen atoms in total. The average Bonchev–Trinajstić information content (AvgIpc) is 3.40. The summed E-state index contributed by atoms with van der Waals surface area (Å²) >= 11 is 0. The molecule has 1 N–H and O–H groups in total. The van der Waals surface area contributed by atoms with E-state index >= 15 is 0 Å². The third kappa shape index (κ3) is 5.80.